The van der Waals surface area contributed by atoms with E-state index >= 15 is 0 Å². The van der Waals surface area contributed by atoms with Gasteiger partial charge in [0, 0.05) is 5.56 Å². The first-order chi connectivity index (χ1) is 8.12. The Balaban J connectivity index is 3.24. The van der Waals surface area contributed by atoms with E-state index in [-0.39, 0.29) is 0 Å². The maximum atomic E-state index is 9.11. The van der Waals surface area contributed by atoms with Gasteiger partial charge in [0.05, 0.1) is 21.3 Å². The first-order valence-electron chi connectivity index (χ1n) is 5.12. The summed E-state index contributed by atoms with van der Waals surface area (Å²) in [6.07, 6.45) is -0.672. The Hall–Kier alpha value is -1.86. The van der Waals surface area contributed by atoms with Crippen molar-refractivity contribution in [3.8, 4) is 29.1 Å². The number of rotatable bonds is 3. The lowest BCUT2D eigenvalue weighted by atomic mass is 10.1. The highest BCUT2D eigenvalue weighted by molar-refractivity contribution is 5.57. The smallest absolute Gasteiger partial charge is 0.203 e. The van der Waals surface area contributed by atoms with Gasteiger partial charge in [-0.3, -0.25) is 0 Å². The fraction of sp³-hybridized carbons (Fsp3) is 0.385. The monoisotopic (exact) mass is 236 g/mol. The largest absolute Gasteiger partial charge is 0.493 e. The van der Waals surface area contributed by atoms with E-state index in [2.05, 4.69) is 11.8 Å². The summed E-state index contributed by atoms with van der Waals surface area (Å²) in [6, 6.07) is 3.47. The first-order valence-corrected chi connectivity index (χ1v) is 5.12. The molecule has 92 valence electrons. The second-order valence-electron chi connectivity index (χ2n) is 3.36. The zero-order valence-electron chi connectivity index (χ0n) is 10.4. The molecule has 4 heteroatoms. The van der Waals surface area contributed by atoms with Crippen LogP contribution >= 0.6 is 0 Å². The molecule has 0 fully saturated rings. The molecule has 0 unspecified atom stereocenters. The van der Waals surface area contributed by atoms with Crippen molar-refractivity contribution < 1.29 is 19.3 Å². The summed E-state index contributed by atoms with van der Waals surface area (Å²) in [7, 11) is 4.63. The molecule has 0 aliphatic rings. The number of methoxy groups -OCH3 is 3. The third-order valence-corrected chi connectivity index (χ3v) is 2.09. The van der Waals surface area contributed by atoms with Crippen LogP contribution < -0.4 is 14.2 Å². The third kappa shape index (κ3) is 3.30. The number of benzene rings is 1. The molecule has 17 heavy (non-hydrogen) atoms. The molecule has 0 spiro atoms. The highest BCUT2D eigenvalue weighted by atomic mass is 16.5. The van der Waals surface area contributed by atoms with Crippen LogP contribution in [0.3, 0.4) is 0 Å². The van der Waals surface area contributed by atoms with Crippen LogP contribution in [0.4, 0.5) is 0 Å². The molecule has 4 nitrogen and oxygen atoms in total. The molecule has 0 radical (unpaired) electrons. The van der Waals surface area contributed by atoms with E-state index in [0.717, 1.165) is 0 Å². The molecule has 0 heterocycles. The van der Waals surface area contributed by atoms with Gasteiger partial charge in [-0.15, -0.1) is 0 Å². The van der Waals surface area contributed by atoms with Gasteiger partial charge in [0.1, 0.15) is 6.10 Å². The van der Waals surface area contributed by atoms with Gasteiger partial charge in [0.2, 0.25) is 5.75 Å². The van der Waals surface area contributed by atoms with E-state index in [4.69, 9.17) is 19.3 Å². The van der Waals surface area contributed by atoms with Crippen molar-refractivity contribution in [2.75, 3.05) is 21.3 Å². The first kappa shape index (κ1) is 13.2. The van der Waals surface area contributed by atoms with E-state index in [1.165, 1.54) is 0 Å². The summed E-state index contributed by atoms with van der Waals surface area (Å²) < 4.78 is 15.6. The summed E-state index contributed by atoms with van der Waals surface area (Å²) in [5.41, 5.74) is 0.695. The molecule has 1 N–H and O–H groups in total. The molecule has 0 saturated carbocycles. The van der Waals surface area contributed by atoms with Crippen LogP contribution in [0.15, 0.2) is 12.1 Å². The second kappa shape index (κ2) is 6.02. The van der Waals surface area contributed by atoms with Gasteiger partial charge in [-0.25, -0.2) is 0 Å². The quantitative estimate of drug-likeness (QED) is 0.807. The van der Waals surface area contributed by atoms with Crippen LogP contribution in [0.25, 0.3) is 0 Å². The van der Waals surface area contributed by atoms with Crippen LogP contribution in [0, 0.1) is 11.8 Å². The van der Waals surface area contributed by atoms with Crippen LogP contribution in [-0.4, -0.2) is 32.5 Å². The Morgan fingerprint density at radius 1 is 1.06 bits per heavy atom. The van der Waals surface area contributed by atoms with Gasteiger partial charge in [-0.1, -0.05) is 11.8 Å². The molecular weight excluding hydrogens is 220 g/mol. The maximum Gasteiger partial charge on any atom is 0.203 e. The zero-order chi connectivity index (χ0) is 12.8. The molecule has 0 aromatic heterocycles. The minimum atomic E-state index is -0.672. The van der Waals surface area contributed by atoms with E-state index in [1.807, 2.05) is 0 Å². The van der Waals surface area contributed by atoms with Gasteiger partial charge in [-0.2, -0.15) is 0 Å². The molecule has 1 aromatic carbocycles. The molecule has 1 aromatic rings. The molecule has 0 bridgehead atoms. The average molecular weight is 236 g/mol. The number of hydrogen-bond donors (Lipinski definition) is 1. The van der Waals surface area contributed by atoms with Gasteiger partial charge in [0.15, 0.2) is 11.5 Å². The van der Waals surface area contributed by atoms with Gasteiger partial charge in [0.25, 0.3) is 0 Å². The van der Waals surface area contributed by atoms with Crippen molar-refractivity contribution in [2.24, 2.45) is 0 Å². The van der Waals surface area contributed by atoms with E-state index < -0.39 is 6.10 Å². The molecule has 1 atom stereocenters. The topological polar surface area (TPSA) is 47.9 Å². The highest BCUT2D eigenvalue weighted by Crippen LogP contribution is 2.37. The highest BCUT2D eigenvalue weighted by Gasteiger charge is 2.12. The Kier molecular flexibility index (Phi) is 4.68. The lowest BCUT2D eigenvalue weighted by Crippen LogP contribution is -1.96. The average Bonchev–Trinajstić information content (AvgIpc) is 2.34. The minimum absolute atomic E-state index is 0.526. The van der Waals surface area contributed by atoms with Crippen molar-refractivity contribution in [1.82, 2.24) is 0 Å². The SMILES string of the molecule is COc1cc(C#C[C@H](C)O)cc(OC)c1OC. The molecule has 0 amide bonds. The maximum absolute atomic E-state index is 9.11. The summed E-state index contributed by atoms with van der Waals surface area (Å²) in [4.78, 5) is 0. The van der Waals surface area contributed by atoms with Crippen LogP contribution in [0.2, 0.25) is 0 Å². The summed E-state index contributed by atoms with van der Waals surface area (Å²) in [5, 5.41) is 9.11. The lowest BCUT2D eigenvalue weighted by molar-refractivity contribution is 0.253. The molecular formula is C13H16O4. The van der Waals surface area contributed by atoms with Crippen LogP contribution in [0.5, 0.6) is 17.2 Å². The standard InChI is InChI=1S/C13H16O4/c1-9(14)5-6-10-7-11(15-2)13(17-4)12(8-10)16-3/h7-9,14H,1-4H3/t9-/m0/s1. The van der Waals surface area contributed by atoms with Gasteiger partial charge in [-0.05, 0) is 19.1 Å². The Morgan fingerprint density at radius 3 is 1.94 bits per heavy atom. The Labute approximate surface area is 101 Å². The zero-order valence-corrected chi connectivity index (χ0v) is 10.4. The predicted molar refractivity (Wildman–Crippen MR) is 64.7 cm³/mol. The van der Waals surface area contributed by atoms with Gasteiger partial charge < -0.3 is 19.3 Å². The van der Waals surface area contributed by atoms with Crippen LogP contribution in [-0.2, 0) is 0 Å². The van der Waals surface area contributed by atoms with E-state index in [0.29, 0.717) is 22.8 Å². The number of ether oxygens (including phenoxy) is 3. The summed E-state index contributed by atoms with van der Waals surface area (Å²) >= 11 is 0. The molecule has 0 aliphatic carbocycles. The van der Waals surface area contributed by atoms with E-state index in [9.17, 15) is 0 Å². The Morgan fingerprint density at radius 2 is 1.59 bits per heavy atom. The van der Waals surface area contributed by atoms with Crippen molar-refractivity contribution in [1.29, 1.82) is 0 Å². The molecule has 0 aliphatic heterocycles. The Bertz CT molecular complexity index is 415. The second-order valence-corrected chi connectivity index (χ2v) is 3.36. The van der Waals surface area contributed by atoms with Crippen molar-refractivity contribution in [3.05, 3.63) is 17.7 Å². The minimum Gasteiger partial charge on any atom is -0.493 e. The summed E-state index contributed by atoms with van der Waals surface area (Å²) in [6.45, 7) is 1.60. The van der Waals surface area contributed by atoms with E-state index in [1.54, 1.807) is 40.4 Å². The van der Waals surface area contributed by atoms with Crippen molar-refractivity contribution in [2.45, 2.75) is 13.0 Å². The molecule has 1 rings (SSSR count). The number of hydrogen-bond acceptors (Lipinski definition) is 4. The number of aliphatic hydroxyl groups is 1. The van der Waals surface area contributed by atoms with Crippen LogP contribution in [0.1, 0.15) is 12.5 Å². The third-order valence-electron chi connectivity index (χ3n) is 2.09. The fourth-order valence-electron chi connectivity index (χ4n) is 1.34. The van der Waals surface area contributed by atoms with Crippen molar-refractivity contribution >= 4 is 0 Å². The molecule has 0 saturated heterocycles. The predicted octanol–water partition coefficient (Wildman–Crippen LogP) is 1.44. The van der Waals surface area contributed by atoms with Crippen molar-refractivity contribution in [3.63, 3.8) is 0 Å². The lowest BCUT2D eigenvalue weighted by Gasteiger charge is -2.12. The number of aliphatic hydroxyl groups excluding tert-OH is 1. The van der Waals surface area contributed by atoms with Gasteiger partial charge >= 0.3 is 0 Å². The summed E-state index contributed by atoms with van der Waals surface area (Å²) in [5.74, 6) is 7.10. The fourth-order valence-corrected chi connectivity index (χ4v) is 1.34. The normalized spacial score (nSPS) is 11.1.